The molecule has 1 fully saturated rings. The van der Waals surface area contributed by atoms with Crippen LogP contribution in [-0.2, 0) is 0 Å². The van der Waals surface area contributed by atoms with Crippen LogP contribution in [0, 0.1) is 12.7 Å². The third-order valence-corrected chi connectivity index (χ3v) is 2.86. The van der Waals surface area contributed by atoms with E-state index in [-0.39, 0.29) is 18.5 Å². The molecular formula is C13H18FNO2. The van der Waals surface area contributed by atoms with E-state index in [0.29, 0.717) is 24.0 Å². The maximum absolute atomic E-state index is 13.3. The fourth-order valence-electron chi connectivity index (χ4n) is 1.60. The molecule has 3 nitrogen and oxygen atoms in total. The maximum atomic E-state index is 13.3. The molecular weight excluding hydrogens is 221 g/mol. The van der Waals surface area contributed by atoms with E-state index in [1.807, 2.05) is 0 Å². The van der Waals surface area contributed by atoms with Gasteiger partial charge >= 0.3 is 0 Å². The van der Waals surface area contributed by atoms with Gasteiger partial charge in [-0.2, -0.15) is 0 Å². The Kier molecular flexibility index (Phi) is 3.97. The second-order valence-corrected chi connectivity index (χ2v) is 4.54. The third-order valence-electron chi connectivity index (χ3n) is 2.86. The minimum absolute atomic E-state index is 0.0326. The average molecular weight is 239 g/mol. The first kappa shape index (κ1) is 12.3. The van der Waals surface area contributed by atoms with Crippen molar-refractivity contribution < 1.29 is 14.2 Å². The quantitative estimate of drug-likeness (QED) is 0.792. The Labute approximate surface area is 101 Å². The van der Waals surface area contributed by atoms with Gasteiger partial charge < -0.3 is 15.2 Å². The largest absolute Gasteiger partial charge is 0.492 e. The predicted molar refractivity (Wildman–Crippen MR) is 63.7 cm³/mol. The van der Waals surface area contributed by atoms with Gasteiger partial charge in [-0.05, 0) is 31.4 Å². The number of aryl methyl sites for hydroxylation is 1. The van der Waals surface area contributed by atoms with Crippen LogP contribution < -0.4 is 10.1 Å². The molecule has 1 aromatic carbocycles. The topological polar surface area (TPSA) is 41.5 Å². The van der Waals surface area contributed by atoms with Crippen LogP contribution in [0.25, 0.3) is 0 Å². The Bertz CT molecular complexity index is 380. The normalized spacial score (nSPS) is 16.9. The molecule has 0 spiro atoms. The summed E-state index contributed by atoms with van der Waals surface area (Å²) in [6.45, 7) is 2.10. The van der Waals surface area contributed by atoms with Crippen LogP contribution in [0.1, 0.15) is 18.4 Å². The first-order valence-corrected chi connectivity index (χ1v) is 5.95. The van der Waals surface area contributed by atoms with E-state index in [1.54, 1.807) is 19.1 Å². The van der Waals surface area contributed by atoms with Crippen LogP contribution in [-0.4, -0.2) is 30.4 Å². The Morgan fingerprint density at radius 1 is 1.53 bits per heavy atom. The predicted octanol–water partition coefficient (Wildman–Crippen LogP) is 1.63. The Balaban J connectivity index is 1.84. The average Bonchev–Trinajstić information content (AvgIpc) is 3.12. The summed E-state index contributed by atoms with van der Waals surface area (Å²) < 4.78 is 18.7. The molecule has 1 aromatic rings. The molecule has 94 valence electrons. The number of aliphatic hydroxyl groups excluding tert-OH is 1. The molecule has 0 radical (unpaired) electrons. The van der Waals surface area contributed by atoms with Crippen LogP contribution in [0.5, 0.6) is 5.75 Å². The lowest BCUT2D eigenvalue weighted by Gasteiger charge is -2.16. The molecule has 17 heavy (non-hydrogen) atoms. The molecule has 2 rings (SSSR count). The lowest BCUT2D eigenvalue weighted by molar-refractivity contribution is 0.181. The molecule has 0 saturated heterocycles. The lowest BCUT2D eigenvalue weighted by Crippen LogP contribution is -2.39. The summed E-state index contributed by atoms with van der Waals surface area (Å²) in [5.41, 5.74) is 0.604. The molecule has 0 amide bonds. The van der Waals surface area contributed by atoms with Crippen LogP contribution in [0.2, 0.25) is 0 Å². The van der Waals surface area contributed by atoms with Crippen LogP contribution in [0.3, 0.4) is 0 Å². The fourth-order valence-corrected chi connectivity index (χ4v) is 1.60. The zero-order chi connectivity index (χ0) is 12.3. The number of nitrogens with one attached hydrogen (secondary N) is 1. The molecule has 1 saturated carbocycles. The van der Waals surface area contributed by atoms with Gasteiger partial charge in [-0.1, -0.05) is 6.07 Å². The maximum Gasteiger partial charge on any atom is 0.129 e. The van der Waals surface area contributed by atoms with Crippen molar-refractivity contribution in [2.45, 2.75) is 31.8 Å². The van der Waals surface area contributed by atoms with E-state index in [4.69, 9.17) is 9.84 Å². The van der Waals surface area contributed by atoms with E-state index in [1.165, 1.54) is 6.07 Å². The summed E-state index contributed by atoms with van der Waals surface area (Å²) in [6, 6.07) is 5.25. The zero-order valence-corrected chi connectivity index (χ0v) is 9.95. The second-order valence-electron chi connectivity index (χ2n) is 4.54. The number of rotatable bonds is 6. The molecule has 0 aliphatic heterocycles. The first-order chi connectivity index (χ1) is 8.19. The number of hydrogen-bond donors (Lipinski definition) is 2. The Morgan fingerprint density at radius 3 is 2.88 bits per heavy atom. The van der Waals surface area contributed by atoms with Gasteiger partial charge in [0.25, 0.3) is 0 Å². The molecule has 2 N–H and O–H groups in total. The summed E-state index contributed by atoms with van der Waals surface area (Å²) in [5.74, 6) is 0.238. The molecule has 0 aromatic heterocycles. The number of halogens is 1. The minimum atomic E-state index is -0.266. The highest BCUT2D eigenvalue weighted by Gasteiger charge is 2.24. The molecule has 1 aliphatic carbocycles. The van der Waals surface area contributed by atoms with Crippen LogP contribution in [0.4, 0.5) is 4.39 Å². The molecule has 1 unspecified atom stereocenters. The minimum Gasteiger partial charge on any atom is -0.492 e. The molecule has 1 atom stereocenters. The van der Waals surface area contributed by atoms with E-state index in [0.717, 1.165) is 12.8 Å². The van der Waals surface area contributed by atoms with E-state index >= 15 is 0 Å². The SMILES string of the molecule is Cc1ccc(OCC(CO)NC2CC2)cc1F. The first-order valence-electron chi connectivity index (χ1n) is 5.95. The monoisotopic (exact) mass is 239 g/mol. The number of aliphatic hydroxyl groups is 1. The van der Waals surface area contributed by atoms with Gasteiger partial charge in [0.15, 0.2) is 0 Å². The highest BCUT2D eigenvalue weighted by atomic mass is 19.1. The smallest absolute Gasteiger partial charge is 0.129 e. The standard InChI is InChI=1S/C13H18FNO2/c1-9-2-5-12(6-13(9)14)17-8-11(7-16)15-10-3-4-10/h2,5-6,10-11,15-16H,3-4,7-8H2,1H3. The molecule has 0 heterocycles. The van der Waals surface area contributed by atoms with Crippen molar-refractivity contribution in [3.05, 3.63) is 29.6 Å². The summed E-state index contributed by atoms with van der Waals surface area (Å²) >= 11 is 0. The lowest BCUT2D eigenvalue weighted by atomic mass is 10.2. The van der Waals surface area contributed by atoms with Crippen molar-refractivity contribution in [1.29, 1.82) is 0 Å². The molecule has 4 heteroatoms. The van der Waals surface area contributed by atoms with Crippen LogP contribution >= 0.6 is 0 Å². The van der Waals surface area contributed by atoms with Crippen molar-refractivity contribution in [3.8, 4) is 5.75 Å². The van der Waals surface area contributed by atoms with Gasteiger partial charge in [0.2, 0.25) is 0 Å². The highest BCUT2D eigenvalue weighted by molar-refractivity contribution is 5.28. The van der Waals surface area contributed by atoms with Crippen molar-refractivity contribution in [2.75, 3.05) is 13.2 Å². The van der Waals surface area contributed by atoms with Gasteiger partial charge in [-0.3, -0.25) is 0 Å². The Hall–Kier alpha value is -1.13. The van der Waals surface area contributed by atoms with E-state index in [9.17, 15) is 4.39 Å². The number of ether oxygens (including phenoxy) is 1. The van der Waals surface area contributed by atoms with Gasteiger partial charge in [0, 0.05) is 12.1 Å². The van der Waals surface area contributed by atoms with Crippen molar-refractivity contribution in [2.24, 2.45) is 0 Å². The van der Waals surface area contributed by atoms with E-state index in [2.05, 4.69) is 5.32 Å². The van der Waals surface area contributed by atoms with Gasteiger partial charge in [0.05, 0.1) is 12.6 Å². The van der Waals surface area contributed by atoms with Crippen LogP contribution in [0.15, 0.2) is 18.2 Å². The fraction of sp³-hybridized carbons (Fsp3) is 0.538. The van der Waals surface area contributed by atoms with Crippen molar-refractivity contribution in [1.82, 2.24) is 5.32 Å². The summed E-state index contributed by atoms with van der Waals surface area (Å²) in [7, 11) is 0. The zero-order valence-electron chi connectivity index (χ0n) is 9.95. The van der Waals surface area contributed by atoms with Gasteiger partial charge in [-0.25, -0.2) is 4.39 Å². The van der Waals surface area contributed by atoms with Gasteiger partial charge in [0.1, 0.15) is 18.2 Å². The summed E-state index contributed by atoms with van der Waals surface area (Å²) in [4.78, 5) is 0. The molecule has 0 bridgehead atoms. The molecule has 1 aliphatic rings. The van der Waals surface area contributed by atoms with Crippen molar-refractivity contribution >= 4 is 0 Å². The van der Waals surface area contributed by atoms with Crippen molar-refractivity contribution in [3.63, 3.8) is 0 Å². The number of hydrogen-bond acceptors (Lipinski definition) is 3. The van der Waals surface area contributed by atoms with E-state index < -0.39 is 0 Å². The van der Waals surface area contributed by atoms with Gasteiger partial charge in [-0.15, -0.1) is 0 Å². The summed E-state index contributed by atoms with van der Waals surface area (Å²) in [5, 5.41) is 12.4. The second kappa shape index (κ2) is 5.47. The number of benzene rings is 1. The highest BCUT2D eigenvalue weighted by Crippen LogP contribution is 2.20. The third kappa shape index (κ3) is 3.68. The Morgan fingerprint density at radius 2 is 2.29 bits per heavy atom. The summed E-state index contributed by atoms with van der Waals surface area (Å²) in [6.07, 6.45) is 2.32.